The second kappa shape index (κ2) is 3.42. The summed E-state index contributed by atoms with van der Waals surface area (Å²) < 4.78 is 24.8. The van der Waals surface area contributed by atoms with E-state index in [1.165, 1.54) is 0 Å². The molecule has 2 fully saturated rings. The summed E-state index contributed by atoms with van der Waals surface area (Å²) in [6.45, 7) is 0. The Labute approximate surface area is 103 Å². The second-order valence-electron chi connectivity index (χ2n) is 3.44. The minimum Gasteiger partial charge on any atom is -0.264 e. The average molecular weight is 362 g/mol. The summed E-state index contributed by atoms with van der Waals surface area (Å²) in [7, 11) is -3.19. The maximum Gasteiger partial charge on any atom is 0.323 e. The van der Waals surface area contributed by atoms with Crippen molar-refractivity contribution in [3.8, 4) is 0 Å². The highest BCUT2D eigenvalue weighted by molar-refractivity contribution is 9.08. The summed E-state index contributed by atoms with van der Waals surface area (Å²) in [6, 6.07) is -1.03. The zero-order chi connectivity index (χ0) is 11.4. The van der Waals surface area contributed by atoms with Gasteiger partial charge in [-0.1, -0.05) is 0 Å². The van der Waals surface area contributed by atoms with E-state index in [0.717, 1.165) is 7.85 Å². The van der Waals surface area contributed by atoms with Crippen LogP contribution in [0.15, 0.2) is 0 Å². The van der Waals surface area contributed by atoms with Gasteiger partial charge in [0.1, 0.15) is 0 Å². The van der Waals surface area contributed by atoms with Crippen molar-refractivity contribution in [2.45, 2.75) is 12.1 Å². The highest BCUT2D eigenvalue weighted by atomic mass is 79.9. The van der Waals surface area contributed by atoms with Gasteiger partial charge in [-0.05, 0) is 0 Å². The lowest BCUT2D eigenvalue weighted by molar-refractivity contribution is -0.150. The first-order chi connectivity index (χ1) is 6.83. The number of amides is 2. The molecule has 0 bridgehead atoms. The summed E-state index contributed by atoms with van der Waals surface area (Å²) in [4.78, 5) is 22.7. The van der Waals surface area contributed by atoms with Crippen molar-refractivity contribution in [1.29, 1.82) is 0 Å². The number of sulfone groups is 1. The zero-order valence-electron chi connectivity index (χ0n) is 7.26. The molecule has 2 atom stereocenters. The molecule has 0 aromatic heterocycles. The van der Waals surface area contributed by atoms with Crippen LogP contribution >= 0.6 is 32.3 Å². The van der Waals surface area contributed by atoms with E-state index < -0.39 is 33.7 Å². The smallest absolute Gasteiger partial charge is 0.264 e. The normalized spacial score (nSPS) is 34.5. The van der Waals surface area contributed by atoms with E-state index in [1.807, 2.05) is 0 Å². The van der Waals surface area contributed by atoms with Gasteiger partial charge in [-0.3, -0.25) is 17.4 Å². The lowest BCUT2D eigenvalue weighted by Crippen LogP contribution is -2.58. The molecule has 0 spiro atoms. The zero-order valence-corrected chi connectivity index (χ0v) is 11.2. The van der Waals surface area contributed by atoms with Gasteiger partial charge < -0.3 is 0 Å². The van der Waals surface area contributed by atoms with E-state index in [2.05, 4.69) is 32.3 Å². The number of carbonyl (C=O) groups excluding carboxylic acids is 2. The number of carbonyl (C=O) groups is 2. The second-order valence-corrected chi connectivity index (χ2v) is 7.13. The van der Waals surface area contributed by atoms with Crippen LogP contribution in [0.4, 0.5) is 0 Å². The van der Waals surface area contributed by atoms with Gasteiger partial charge in [0.05, 0.1) is 55.9 Å². The predicted molar refractivity (Wildman–Crippen MR) is 57.8 cm³/mol. The van der Waals surface area contributed by atoms with Crippen molar-refractivity contribution in [2.24, 2.45) is 0 Å². The molecule has 2 amide bonds. The Kier molecular flexibility index (Phi) is 2.59. The maximum absolute atomic E-state index is 11.4. The molecule has 9 heteroatoms. The number of rotatable bonds is 0. The van der Waals surface area contributed by atoms with Gasteiger partial charge in [-0.2, -0.15) is 0 Å². The van der Waals surface area contributed by atoms with Gasteiger partial charge in [0.25, 0.3) is 0 Å². The summed E-state index contributed by atoms with van der Waals surface area (Å²) in [5.41, 5.74) is 0. The third-order valence-corrected chi connectivity index (χ3v) is 5.84. The molecule has 2 heterocycles. The number of halogens is 2. The van der Waals surface area contributed by atoms with Crippen LogP contribution in [-0.2, 0) is 19.4 Å². The van der Waals surface area contributed by atoms with Crippen molar-refractivity contribution < 1.29 is 18.0 Å². The highest BCUT2D eigenvalue weighted by Crippen LogP contribution is 2.31. The monoisotopic (exact) mass is 360 g/mol. The Morgan fingerprint density at radius 1 is 1.00 bits per heavy atom. The van der Waals surface area contributed by atoms with Crippen LogP contribution in [0.25, 0.3) is 0 Å². The van der Waals surface area contributed by atoms with E-state index in [-0.39, 0.29) is 11.5 Å². The van der Waals surface area contributed by atoms with E-state index in [9.17, 15) is 18.0 Å². The number of fused-ring (bicyclic) bond motifs is 1. The van der Waals surface area contributed by atoms with Crippen LogP contribution in [0.3, 0.4) is 0 Å². The van der Waals surface area contributed by atoms with Crippen LogP contribution in [0.1, 0.15) is 0 Å². The fourth-order valence-electron chi connectivity index (χ4n) is 1.73. The first-order valence-corrected chi connectivity index (χ1v) is 7.26. The molecule has 2 aliphatic rings. The lowest BCUT2D eigenvalue weighted by atomic mass is 10.1. The van der Waals surface area contributed by atoms with Crippen molar-refractivity contribution >= 4 is 53.9 Å². The molecule has 0 aromatic carbocycles. The number of nitrogens with zero attached hydrogens (tertiary/aromatic N) is 2. The number of hydrogen-bond acceptors (Lipinski definition) is 4. The Balaban J connectivity index is 2.39. The molecule has 15 heavy (non-hydrogen) atoms. The molecule has 0 aromatic rings. The molecule has 0 radical (unpaired) electrons. The molecule has 0 saturated carbocycles. The van der Waals surface area contributed by atoms with Gasteiger partial charge in [-0.25, -0.2) is 8.42 Å². The van der Waals surface area contributed by atoms with Gasteiger partial charge in [0, 0.05) is 0 Å². The third-order valence-electron chi connectivity index (χ3n) is 2.45. The van der Waals surface area contributed by atoms with Crippen LogP contribution in [0.2, 0.25) is 0 Å². The molecule has 0 N–H and O–H groups in total. The van der Waals surface area contributed by atoms with Gasteiger partial charge in [-0.15, -0.1) is 0 Å². The molecule has 2 saturated heterocycles. The minimum atomic E-state index is -3.19. The number of hydrogen-bond donors (Lipinski definition) is 0. The van der Waals surface area contributed by atoms with Crippen molar-refractivity contribution in [1.82, 2.24) is 7.85 Å². The van der Waals surface area contributed by atoms with Gasteiger partial charge >= 0.3 is 11.8 Å². The minimum absolute atomic E-state index is 0.121. The fourth-order valence-corrected chi connectivity index (χ4v) is 5.17. The first kappa shape index (κ1) is 11.3. The topological polar surface area (TPSA) is 74.8 Å². The summed E-state index contributed by atoms with van der Waals surface area (Å²) in [5.74, 6) is -1.76. The Bertz CT molecular complexity index is 402. The predicted octanol–water partition coefficient (Wildman–Crippen LogP) is -0.557. The Morgan fingerprint density at radius 3 is 1.67 bits per heavy atom. The molecule has 2 aliphatic heterocycles. The van der Waals surface area contributed by atoms with Crippen molar-refractivity contribution in [2.75, 3.05) is 11.5 Å². The van der Waals surface area contributed by atoms with Crippen LogP contribution in [0.5, 0.6) is 0 Å². The van der Waals surface area contributed by atoms with E-state index in [4.69, 9.17) is 0 Å². The highest BCUT2D eigenvalue weighted by Gasteiger charge is 2.52. The average Bonchev–Trinajstić information content (AvgIpc) is 2.48. The molecule has 0 aliphatic carbocycles. The molecular weight excluding hydrogens is 356 g/mol. The van der Waals surface area contributed by atoms with Crippen molar-refractivity contribution in [3.63, 3.8) is 0 Å². The first-order valence-electron chi connectivity index (χ1n) is 4.02. The van der Waals surface area contributed by atoms with E-state index >= 15 is 0 Å². The molecule has 84 valence electrons. The molecule has 2 unspecified atom stereocenters. The standard InChI is InChI=1S/C6H6Br2N2O4S/c7-9-3-1-15(13,14)2-4(3)10(8)6(12)5(9)11/h3-4H,1-2H2. The van der Waals surface area contributed by atoms with Crippen molar-refractivity contribution in [3.05, 3.63) is 0 Å². The molecular formula is C6H6Br2N2O4S. The molecule has 6 nitrogen and oxygen atoms in total. The summed E-state index contributed by atoms with van der Waals surface area (Å²) >= 11 is 5.86. The van der Waals surface area contributed by atoms with Gasteiger partial charge in [0.2, 0.25) is 0 Å². The SMILES string of the molecule is O=C1C(=O)N(Br)C2CS(=O)(=O)CC2N1Br. The summed E-state index contributed by atoms with van der Waals surface area (Å²) in [5, 5.41) is 0. The van der Waals surface area contributed by atoms with E-state index in [1.54, 1.807) is 0 Å². The quantitative estimate of drug-likeness (QED) is 0.428. The number of piperazine rings is 1. The Hall–Kier alpha value is -0.150. The van der Waals surface area contributed by atoms with E-state index in [0.29, 0.717) is 0 Å². The lowest BCUT2D eigenvalue weighted by Gasteiger charge is -2.35. The van der Waals surface area contributed by atoms with Gasteiger partial charge in [0.15, 0.2) is 9.84 Å². The van der Waals surface area contributed by atoms with Crippen LogP contribution < -0.4 is 0 Å². The summed E-state index contributed by atoms with van der Waals surface area (Å²) in [6.07, 6.45) is 0. The Morgan fingerprint density at radius 2 is 1.33 bits per heavy atom. The fraction of sp³-hybridized carbons (Fsp3) is 0.667. The van der Waals surface area contributed by atoms with Crippen LogP contribution in [0, 0.1) is 0 Å². The van der Waals surface area contributed by atoms with Crippen LogP contribution in [-0.4, -0.2) is 51.7 Å². The third kappa shape index (κ3) is 1.70. The molecule has 2 rings (SSSR count). The maximum atomic E-state index is 11.4. The largest absolute Gasteiger partial charge is 0.323 e.